The molecule has 35 heavy (non-hydrogen) atoms. The van der Waals surface area contributed by atoms with Gasteiger partial charge in [-0.25, -0.2) is 0 Å². The molecule has 186 valence electrons. The number of carbonyl (C=O) groups is 2. The Morgan fingerprint density at radius 2 is 1.77 bits per heavy atom. The van der Waals surface area contributed by atoms with E-state index in [1.807, 2.05) is 62.6 Å². The van der Waals surface area contributed by atoms with Crippen LogP contribution in [0.4, 0.5) is 11.4 Å². The molecular formula is C25H31N5O4S. The van der Waals surface area contributed by atoms with Crippen molar-refractivity contribution < 1.29 is 19.1 Å². The molecule has 2 N–H and O–H groups in total. The zero-order valence-electron chi connectivity index (χ0n) is 20.8. The molecule has 0 aliphatic heterocycles. The first-order valence-corrected chi connectivity index (χ1v) is 12.2. The number of aromatic nitrogens is 3. The van der Waals surface area contributed by atoms with E-state index >= 15 is 0 Å². The van der Waals surface area contributed by atoms with E-state index in [1.165, 1.54) is 18.7 Å². The lowest BCUT2D eigenvalue weighted by atomic mass is 10.1. The van der Waals surface area contributed by atoms with E-state index in [1.54, 1.807) is 19.2 Å². The summed E-state index contributed by atoms with van der Waals surface area (Å²) in [5.41, 5.74) is 2.23. The minimum absolute atomic E-state index is 0.0678. The third kappa shape index (κ3) is 6.75. The van der Waals surface area contributed by atoms with Crippen LogP contribution in [0.1, 0.15) is 51.2 Å². The quantitative estimate of drug-likeness (QED) is 0.379. The Hall–Kier alpha value is -3.53. The van der Waals surface area contributed by atoms with Gasteiger partial charge in [-0.3, -0.25) is 9.59 Å². The van der Waals surface area contributed by atoms with Gasteiger partial charge in [-0.1, -0.05) is 23.9 Å². The molecule has 1 heterocycles. The summed E-state index contributed by atoms with van der Waals surface area (Å²) in [4.78, 5) is 23.9. The topological polar surface area (TPSA) is 107 Å². The first-order chi connectivity index (χ1) is 16.7. The summed E-state index contributed by atoms with van der Waals surface area (Å²) >= 11 is 1.31. The number of hydrogen-bond donors (Lipinski definition) is 2. The van der Waals surface area contributed by atoms with Gasteiger partial charge in [0.05, 0.1) is 12.9 Å². The zero-order valence-corrected chi connectivity index (χ0v) is 21.6. The number of ether oxygens (including phenoxy) is 2. The molecule has 0 spiro atoms. The fourth-order valence-electron chi connectivity index (χ4n) is 3.51. The van der Waals surface area contributed by atoms with Crippen LogP contribution in [0.25, 0.3) is 0 Å². The van der Waals surface area contributed by atoms with E-state index < -0.39 is 0 Å². The first kappa shape index (κ1) is 26.1. The number of carbonyl (C=O) groups excluding carboxylic acids is 2. The van der Waals surface area contributed by atoms with Gasteiger partial charge < -0.3 is 24.7 Å². The second-order valence-corrected chi connectivity index (χ2v) is 9.21. The fourth-order valence-corrected chi connectivity index (χ4v) is 4.38. The third-order valence-electron chi connectivity index (χ3n) is 5.10. The van der Waals surface area contributed by atoms with Gasteiger partial charge in [0.1, 0.15) is 0 Å². The highest BCUT2D eigenvalue weighted by atomic mass is 32.2. The summed E-state index contributed by atoms with van der Waals surface area (Å²) in [5.74, 6) is 1.78. The molecule has 1 atom stereocenters. The maximum absolute atomic E-state index is 12.6. The summed E-state index contributed by atoms with van der Waals surface area (Å²) in [6.45, 7) is 9.30. The number of amides is 2. The number of anilines is 2. The molecule has 1 unspecified atom stereocenters. The van der Waals surface area contributed by atoms with E-state index in [9.17, 15) is 9.59 Å². The Morgan fingerprint density at radius 1 is 1.06 bits per heavy atom. The highest BCUT2D eigenvalue weighted by molar-refractivity contribution is 7.99. The molecule has 0 bridgehead atoms. The smallest absolute Gasteiger partial charge is 0.234 e. The fraction of sp³-hybridized carbons (Fsp3) is 0.360. The van der Waals surface area contributed by atoms with Gasteiger partial charge >= 0.3 is 0 Å². The summed E-state index contributed by atoms with van der Waals surface area (Å²) in [6, 6.07) is 12.9. The Bertz CT molecular complexity index is 1190. The molecule has 1 aromatic heterocycles. The molecule has 2 aromatic carbocycles. The average Bonchev–Trinajstić information content (AvgIpc) is 3.24. The lowest BCUT2D eigenvalue weighted by molar-refractivity contribution is -0.114. The minimum Gasteiger partial charge on any atom is -0.493 e. The summed E-state index contributed by atoms with van der Waals surface area (Å²) in [6.07, 6.45) is -0.380. The molecule has 0 radical (unpaired) electrons. The maximum atomic E-state index is 12.6. The van der Waals surface area contributed by atoms with Crippen molar-refractivity contribution in [1.82, 2.24) is 14.8 Å². The van der Waals surface area contributed by atoms with Gasteiger partial charge in [0.25, 0.3) is 0 Å². The second-order valence-electron chi connectivity index (χ2n) is 8.26. The van der Waals surface area contributed by atoms with Gasteiger partial charge in [-0.05, 0) is 63.6 Å². The molecule has 10 heteroatoms. The third-order valence-corrected chi connectivity index (χ3v) is 6.04. The van der Waals surface area contributed by atoms with Gasteiger partial charge in [0, 0.05) is 24.3 Å². The number of rotatable bonds is 10. The van der Waals surface area contributed by atoms with Gasteiger partial charge in [0.2, 0.25) is 11.8 Å². The number of nitrogens with one attached hydrogen (secondary N) is 2. The number of aryl methyl sites for hydroxylation is 1. The maximum Gasteiger partial charge on any atom is 0.234 e. The summed E-state index contributed by atoms with van der Waals surface area (Å²) in [7, 11) is 1.60. The van der Waals surface area contributed by atoms with Crippen molar-refractivity contribution in [2.45, 2.75) is 51.9 Å². The van der Waals surface area contributed by atoms with E-state index in [4.69, 9.17) is 9.47 Å². The molecule has 9 nitrogen and oxygen atoms in total. The first-order valence-electron chi connectivity index (χ1n) is 11.2. The lowest BCUT2D eigenvalue weighted by Crippen LogP contribution is -2.17. The molecule has 0 aliphatic carbocycles. The van der Waals surface area contributed by atoms with Crippen LogP contribution in [-0.4, -0.2) is 39.4 Å². The normalized spacial score (nSPS) is 11.7. The van der Waals surface area contributed by atoms with Crippen LogP contribution >= 0.6 is 11.8 Å². The van der Waals surface area contributed by atoms with Crippen molar-refractivity contribution in [3.05, 3.63) is 53.9 Å². The Morgan fingerprint density at radius 3 is 2.40 bits per heavy atom. The second kappa shape index (κ2) is 11.7. The number of hydrogen-bond acceptors (Lipinski definition) is 7. The molecule has 2 amide bonds. The van der Waals surface area contributed by atoms with Crippen molar-refractivity contribution in [2.24, 2.45) is 0 Å². The highest BCUT2D eigenvalue weighted by Gasteiger charge is 2.23. The molecule has 0 saturated heterocycles. The molecule has 3 aromatic rings. The van der Waals surface area contributed by atoms with E-state index in [2.05, 4.69) is 20.8 Å². The van der Waals surface area contributed by atoms with Crippen LogP contribution in [-0.2, 0) is 9.59 Å². The largest absolute Gasteiger partial charge is 0.493 e. The van der Waals surface area contributed by atoms with E-state index in [-0.39, 0.29) is 29.7 Å². The van der Waals surface area contributed by atoms with Crippen LogP contribution in [0, 0.1) is 6.92 Å². The highest BCUT2D eigenvalue weighted by Crippen LogP contribution is 2.32. The average molecular weight is 498 g/mol. The van der Waals surface area contributed by atoms with Crippen LogP contribution < -0.4 is 20.1 Å². The monoisotopic (exact) mass is 497 g/mol. The molecule has 3 rings (SSSR count). The van der Waals surface area contributed by atoms with Crippen molar-refractivity contribution in [3.8, 4) is 11.5 Å². The molecule has 0 fully saturated rings. The predicted octanol–water partition coefficient (Wildman–Crippen LogP) is 5.01. The Balaban J connectivity index is 1.67. The van der Waals surface area contributed by atoms with Gasteiger partial charge in [-0.2, -0.15) is 0 Å². The van der Waals surface area contributed by atoms with E-state index in [0.29, 0.717) is 33.9 Å². The number of benzene rings is 2. The minimum atomic E-state index is -0.380. The molecule has 0 aliphatic rings. The van der Waals surface area contributed by atoms with Gasteiger partial charge in [0.15, 0.2) is 28.6 Å². The van der Waals surface area contributed by atoms with Crippen LogP contribution in [0.5, 0.6) is 11.5 Å². The van der Waals surface area contributed by atoms with Gasteiger partial charge in [-0.15, -0.1) is 10.2 Å². The Labute approximate surface area is 209 Å². The lowest BCUT2D eigenvalue weighted by Gasteiger charge is -2.19. The summed E-state index contributed by atoms with van der Waals surface area (Å²) < 4.78 is 13.5. The molecule has 0 saturated carbocycles. The SMILES string of the molecule is COc1ccccc1OC(C)c1nnc(SCC(=O)Nc2ccc(NC(C)=O)c(C)c2)n1C(C)C. The Kier molecular flexibility index (Phi) is 8.75. The number of thioether (sulfide) groups is 1. The predicted molar refractivity (Wildman–Crippen MR) is 137 cm³/mol. The van der Waals surface area contributed by atoms with Crippen LogP contribution in [0.2, 0.25) is 0 Å². The van der Waals surface area contributed by atoms with Crippen LogP contribution in [0.3, 0.4) is 0 Å². The number of methoxy groups -OCH3 is 1. The van der Waals surface area contributed by atoms with E-state index in [0.717, 1.165) is 5.56 Å². The summed E-state index contributed by atoms with van der Waals surface area (Å²) in [5, 5.41) is 15.0. The van der Waals surface area contributed by atoms with Crippen molar-refractivity contribution in [1.29, 1.82) is 0 Å². The number of nitrogens with zero attached hydrogens (tertiary/aromatic N) is 3. The molecular weight excluding hydrogens is 466 g/mol. The van der Waals surface area contributed by atoms with Crippen molar-refractivity contribution in [3.63, 3.8) is 0 Å². The van der Waals surface area contributed by atoms with Crippen molar-refractivity contribution in [2.75, 3.05) is 23.5 Å². The van der Waals surface area contributed by atoms with Crippen LogP contribution in [0.15, 0.2) is 47.6 Å². The van der Waals surface area contributed by atoms with Crippen molar-refractivity contribution >= 4 is 35.0 Å². The zero-order chi connectivity index (χ0) is 25.5. The standard InChI is InChI=1S/C25H31N5O4S/c1-15(2)30-24(17(4)34-22-10-8-7-9-21(22)33-6)28-29-25(30)35-14-23(32)27-19-11-12-20(16(3)13-19)26-18(5)31/h7-13,15,17H,14H2,1-6H3,(H,26,31)(H,27,32). The number of para-hydroxylation sites is 2.